The van der Waals surface area contributed by atoms with E-state index >= 15 is 0 Å². The Morgan fingerprint density at radius 3 is 1.46 bits per heavy atom. The monoisotopic (exact) mass is 720 g/mol. The Morgan fingerprint density at radius 2 is 0.786 bits per heavy atom. The van der Waals surface area contributed by atoms with Gasteiger partial charge in [-0.05, 0) is 102 Å². The average molecular weight is 721 g/mol. The standard InChI is InChI=1S/C53H35N3/c1-4-14-36(15-5-1)41-26-27-43-32-45(29-28-42(43)31-41)47-33-46(44-25-24-37-16-10-11-21-40(37)30-44)34-48(35-47)52-54-51(39-19-8-3-9-20-39)55-53(56-52)50-23-13-12-22-49(50)38-17-6-2-7-18-38/h1-35H/i10D,11D,16D,21D,24D,25D,30D. The van der Waals surface area contributed by atoms with Crippen molar-refractivity contribution in [1.82, 2.24) is 15.0 Å². The highest BCUT2D eigenvalue weighted by molar-refractivity contribution is 5.93. The van der Waals surface area contributed by atoms with Gasteiger partial charge in [-0.1, -0.05) is 176 Å². The number of fused-ring (bicyclic) bond motifs is 2. The summed E-state index contributed by atoms with van der Waals surface area (Å²) < 4.78 is 62.0. The van der Waals surface area contributed by atoms with Gasteiger partial charge in [0.15, 0.2) is 17.5 Å². The van der Waals surface area contributed by atoms with Crippen LogP contribution in [0.2, 0.25) is 0 Å². The number of hydrogen-bond donors (Lipinski definition) is 0. The second kappa shape index (κ2) is 14.4. The zero-order valence-electron chi connectivity index (χ0n) is 37.0. The van der Waals surface area contributed by atoms with Gasteiger partial charge in [-0.15, -0.1) is 0 Å². The lowest BCUT2D eigenvalue weighted by atomic mass is 9.93. The molecule has 10 rings (SSSR count). The lowest BCUT2D eigenvalue weighted by molar-refractivity contribution is 1.07. The lowest BCUT2D eigenvalue weighted by Gasteiger charge is -2.14. The van der Waals surface area contributed by atoms with Gasteiger partial charge in [0.05, 0.1) is 9.60 Å². The molecule has 56 heavy (non-hydrogen) atoms. The van der Waals surface area contributed by atoms with Crippen molar-refractivity contribution in [2.24, 2.45) is 0 Å². The predicted molar refractivity (Wildman–Crippen MR) is 233 cm³/mol. The van der Waals surface area contributed by atoms with Crippen LogP contribution >= 0.6 is 0 Å². The Morgan fingerprint density at radius 1 is 0.286 bits per heavy atom. The number of hydrogen-bond acceptors (Lipinski definition) is 3. The molecule has 3 heteroatoms. The molecule has 3 nitrogen and oxygen atoms in total. The molecule has 1 aromatic heterocycles. The van der Waals surface area contributed by atoms with Gasteiger partial charge < -0.3 is 0 Å². The first-order chi connectivity index (χ1) is 30.6. The Balaban J connectivity index is 1.23. The van der Waals surface area contributed by atoms with Crippen molar-refractivity contribution in [3.8, 4) is 78.7 Å². The maximum atomic E-state index is 9.47. The number of benzene rings is 9. The number of nitrogens with zero attached hydrogens (tertiary/aromatic N) is 3. The summed E-state index contributed by atoms with van der Waals surface area (Å²) in [6.45, 7) is 0. The minimum Gasteiger partial charge on any atom is -0.208 e. The molecule has 0 unspecified atom stereocenters. The highest BCUT2D eigenvalue weighted by Gasteiger charge is 2.17. The van der Waals surface area contributed by atoms with Gasteiger partial charge >= 0.3 is 0 Å². The van der Waals surface area contributed by atoms with E-state index in [9.17, 15) is 2.74 Å². The van der Waals surface area contributed by atoms with Crippen molar-refractivity contribution in [3.63, 3.8) is 0 Å². The molecule has 0 amide bonds. The van der Waals surface area contributed by atoms with Crippen LogP contribution in [0.4, 0.5) is 0 Å². The molecule has 0 aliphatic heterocycles. The normalized spacial score (nSPS) is 13.0. The second-order valence-corrected chi connectivity index (χ2v) is 13.5. The molecular formula is C53H35N3. The van der Waals surface area contributed by atoms with Crippen molar-refractivity contribution >= 4 is 21.5 Å². The van der Waals surface area contributed by atoms with Crippen LogP contribution in [0.15, 0.2) is 212 Å². The van der Waals surface area contributed by atoms with Crippen molar-refractivity contribution in [1.29, 1.82) is 0 Å². The molecule has 10 aromatic rings. The molecule has 0 radical (unpaired) electrons. The fourth-order valence-electron chi connectivity index (χ4n) is 7.12. The van der Waals surface area contributed by atoms with E-state index in [1.807, 2.05) is 121 Å². The Kier molecular flexibility index (Phi) is 6.76. The van der Waals surface area contributed by atoms with E-state index in [1.165, 1.54) is 0 Å². The third kappa shape index (κ3) is 6.52. The van der Waals surface area contributed by atoms with E-state index in [0.717, 1.165) is 55.3 Å². The van der Waals surface area contributed by atoms with Crippen molar-refractivity contribution in [2.45, 2.75) is 0 Å². The highest BCUT2D eigenvalue weighted by atomic mass is 15.0. The zero-order valence-corrected chi connectivity index (χ0v) is 30.0. The van der Waals surface area contributed by atoms with Crippen LogP contribution < -0.4 is 0 Å². The fourth-order valence-corrected chi connectivity index (χ4v) is 7.12. The highest BCUT2D eigenvalue weighted by Crippen LogP contribution is 2.37. The molecule has 0 spiro atoms. The van der Waals surface area contributed by atoms with E-state index in [-0.39, 0.29) is 34.5 Å². The third-order valence-electron chi connectivity index (χ3n) is 9.93. The number of rotatable bonds is 7. The Bertz CT molecular complexity index is 3420. The topological polar surface area (TPSA) is 38.7 Å². The lowest BCUT2D eigenvalue weighted by Crippen LogP contribution is -2.01. The largest absolute Gasteiger partial charge is 0.208 e. The third-order valence-corrected chi connectivity index (χ3v) is 9.93. The molecule has 0 atom stereocenters. The first kappa shape index (κ1) is 26.3. The summed E-state index contributed by atoms with van der Waals surface area (Å²) >= 11 is 0. The van der Waals surface area contributed by atoms with Gasteiger partial charge in [-0.25, -0.2) is 15.0 Å². The Hall–Kier alpha value is -7.49. The Labute approximate surface area is 336 Å². The van der Waals surface area contributed by atoms with E-state index in [4.69, 9.17) is 21.8 Å². The molecular weight excluding hydrogens is 679 g/mol. The molecule has 0 saturated carbocycles. The maximum absolute atomic E-state index is 9.47. The summed E-state index contributed by atoms with van der Waals surface area (Å²) in [6, 6.07) is 53.1. The van der Waals surface area contributed by atoms with Crippen LogP contribution in [0.25, 0.3) is 100 Å². The molecule has 9 aromatic carbocycles. The van der Waals surface area contributed by atoms with E-state index in [1.54, 1.807) is 6.07 Å². The summed E-state index contributed by atoms with van der Waals surface area (Å²) in [4.78, 5) is 15.3. The summed E-state index contributed by atoms with van der Waals surface area (Å²) in [5.74, 6) is 1.23. The predicted octanol–water partition coefficient (Wildman–Crippen LogP) is 13.8. The molecule has 0 N–H and O–H groups in total. The molecule has 0 fully saturated rings. The van der Waals surface area contributed by atoms with Gasteiger partial charge in [0.2, 0.25) is 0 Å². The molecule has 0 bridgehead atoms. The SMILES string of the molecule is [2H]c1c([2H])c([2H])c2c([2H])c(-c3cc(-c4ccc5cc(-c6ccccc6)ccc5c4)cc(-c4nc(-c5ccccc5)nc(-c5ccccc5-c5ccccc5)n4)c3)c([2H])c([2H])c2c1[2H]. The van der Waals surface area contributed by atoms with E-state index in [0.29, 0.717) is 28.6 Å². The van der Waals surface area contributed by atoms with Crippen LogP contribution in [-0.4, -0.2) is 15.0 Å². The van der Waals surface area contributed by atoms with Gasteiger partial charge in [0.25, 0.3) is 0 Å². The van der Waals surface area contributed by atoms with Gasteiger partial charge in [0.1, 0.15) is 0 Å². The van der Waals surface area contributed by atoms with Crippen molar-refractivity contribution in [2.75, 3.05) is 0 Å². The summed E-state index contributed by atoms with van der Waals surface area (Å²) in [7, 11) is 0. The average Bonchev–Trinajstić information content (AvgIpc) is 3.34. The minimum atomic E-state index is -0.516. The minimum absolute atomic E-state index is 0.0564. The molecule has 0 aliphatic rings. The number of aromatic nitrogens is 3. The van der Waals surface area contributed by atoms with E-state index < -0.39 is 24.2 Å². The quantitative estimate of drug-likeness (QED) is 0.165. The maximum Gasteiger partial charge on any atom is 0.164 e. The zero-order chi connectivity index (χ0) is 43.4. The van der Waals surface area contributed by atoms with Crippen LogP contribution in [-0.2, 0) is 0 Å². The molecule has 1 heterocycles. The summed E-state index contributed by atoms with van der Waals surface area (Å²) in [5.41, 5.74) is 8.32. The summed E-state index contributed by atoms with van der Waals surface area (Å²) in [6.07, 6.45) is 0. The van der Waals surface area contributed by atoms with Gasteiger partial charge in [-0.3, -0.25) is 0 Å². The van der Waals surface area contributed by atoms with Gasteiger partial charge in [0, 0.05) is 16.7 Å². The molecule has 262 valence electrons. The summed E-state index contributed by atoms with van der Waals surface area (Å²) in [5, 5.41) is 1.78. The molecule has 0 aliphatic carbocycles. The van der Waals surface area contributed by atoms with Crippen molar-refractivity contribution in [3.05, 3.63) is 212 Å². The molecule has 0 saturated heterocycles. The first-order valence-electron chi connectivity index (χ1n) is 21.9. The first-order valence-corrected chi connectivity index (χ1v) is 18.4. The van der Waals surface area contributed by atoms with Gasteiger partial charge in [-0.2, -0.15) is 0 Å². The van der Waals surface area contributed by atoms with Crippen LogP contribution in [0, 0.1) is 0 Å². The van der Waals surface area contributed by atoms with Crippen molar-refractivity contribution < 1.29 is 9.60 Å². The van der Waals surface area contributed by atoms with Crippen LogP contribution in [0.3, 0.4) is 0 Å². The fraction of sp³-hybridized carbons (Fsp3) is 0. The smallest absolute Gasteiger partial charge is 0.164 e. The van der Waals surface area contributed by atoms with E-state index in [2.05, 4.69) is 42.5 Å². The second-order valence-electron chi connectivity index (χ2n) is 13.5. The van der Waals surface area contributed by atoms with Crippen LogP contribution in [0.5, 0.6) is 0 Å². The van der Waals surface area contributed by atoms with Crippen LogP contribution in [0.1, 0.15) is 9.60 Å².